The number of nitrogens with zero attached hydrogens (tertiary/aromatic N) is 1. The zero-order valence-electron chi connectivity index (χ0n) is 22.4. The van der Waals surface area contributed by atoms with Crippen LogP contribution in [0.3, 0.4) is 0 Å². The fourth-order valence-corrected chi connectivity index (χ4v) is 5.01. The second-order valence-electron chi connectivity index (χ2n) is 9.40. The van der Waals surface area contributed by atoms with Gasteiger partial charge in [-0.2, -0.15) is 0 Å². The Morgan fingerprint density at radius 3 is 2.66 bits per heavy atom. The number of carbonyl (C=O) groups excluding carboxylic acids is 3. The van der Waals surface area contributed by atoms with Crippen LogP contribution in [0.25, 0.3) is 0 Å². The van der Waals surface area contributed by atoms with E-state index in [2.05, 4.69) is 5.32 Å². The molecular formula is C27H39IN2O8. The third kappa shape index (κ3) is 8.92. The van der Waals surface area contributed by atoms with Crippen molar-refractivity contribution in [2.45, 2.75) is 58.3 Å². The quantitative estimate of drug-likeness (QED) is 0.150. The van der Waals surface area contributed by atoms with Gasteiger partial charge in [0.15, 0.2) is 11.5 Å². The van der Waals surface area contributed by atoms with E-state index in [0.717, 1.165) is 0 Å². The van der Waals surface area contributed by atoms with E-state index in [9.17, 15) is 19.5 Å². The third-order valence-corrected chi connectivity index (χ3v) is 6.85. The molecule has 0 radical (unpaired) electrons. The van der Waals surface area contributed by atoms with Crippen molar-refractivity contribution in [3.8, 4) is 11.5 Å². The molecule has 3 unspecified atom stereocenters. The number of rotatable bonds is 15. The molecular weight excluding hydrogens is 607 g/mol. The highest BCUT2D eigenvalue weighted by Gasteiger charge is 2.40. The smallest absolute Gasteiger partial charge is 0.247 e. The van der Waals surface area contributed by atoms with Gasteiger partial charge in [-0.1, -0.05) is 13.8 Å². The summed E-state index contributed by atoms with van der Waals surface area (Å²) in [4.78, 5) is 39.2. The van der Waals surface area contributed by atoms with Gasteiger partial charge in [-0.25, -0.2) is 0 Å². The van der Waals surface area contributed by atoms with E-state index in [0.29, 0.717) is 58.7 Å². The zero-order chi connectivity index (χ0) is 28.2. The lowest BCUT2D eigenvalue weighted by molar-refractivity contribution is -0.139. The number of aliphatic hydroxyl groups is 2. The monoisotopic (exact) mass is 646 g/mol. The lowest BCUT2D eigenvalue weighted by atomic mass is 9.87. The van der Waals surface area contributed by atoms with Gasteiger partial charge in [0.1, 0.15) is 18.5 Å². The van der Waals surface area contributed by atoms with Crippen molar-refractivity contribution in [3.05, 3.63) is 32.9 Å². The van der Waals surface area contributed by atoms with E-state index in [1.165, 1.54) is 13.2 Å². The number of amides is 2. The van der Waals surface area contributed by atoms with Gasteiger partial charge in [0.25, 0.3) is 0 Å². The summed E-state index contributed by atoms with van der Waals surface area (Å²) in [5.41, 5.74) is 0.740. The topological polar surface area (TPSA) is 135 Å². The Morgan fingerprint density at radius 1 is 1.32 bits per heavy atom. The van der Waals surface area contributed by atoms with Crippen LogP contribution in [0.15, 0.2) is 23.8 Å². The fraction of sp³-hybridized carbons (Fsp3) is 0.593. The molecule has 0 saturated carbocycles. The van der Waals surface area contributed by atoms with Gasteiger partial charge in [0, 0.05) is 50.3 Å². The average Bonchev–Trinajstić information content (AvgIpc) is 2.88. The maximum Gasteiger partial charge on any atom is 0.247 e. The Morgan fingerprint density at radius 2 is 2.05 bits per heavy atom. The number of methoxy groups -OCH3 is 1. The van der Waals surface area contributed by atoms with Crippen LogP contribution >= 0.6 is 22.6 Å². The Hall–Kier alpha value is -2.22. The molecule has 0 bridgehead atoms. The second-order valence-corrected chi connectivity index (χ2v) is 10.6. The summed E-state index contributed by atoms with van der Waals surface area (Å²) in [6.07, 6.45) is 1.08. The lowest BCUT2D eigenvalue weighted by Crippen LogP contribution is -2.55. The fourth-order valence-electron chi connectivity index (χ4n) is 4.26. The molecule has 0 aromatic heterocycles. The standard InChI is InChI=1S/C27H39IN2O8/c1-5-37-10-6-8-30(24(33)11-17(2)3)21-14-19(27(35)29-7-9-31)15-22(25(21)34)38-26-20(28)12-18(16-32)13-23(26)36-4/h12-13,15-17,21-22,25,31,34H,5-11,14H2,1-4H3,(H,29,35). The normalized spacial score (nSPS) is 19.1. The van der Waals surface area contributed by atoms with Crippen molar-refractivity contribution < 1.29 is 38.8 Å². The first kappa shape index (κ1) is 32.0. The molecule has 2 amide bonds. The SMILES string of the molecule is CCOCCCN(C(=O)CC(C)C)C1CC(C(=O)NCCO)=CC(Oc2c(I)cc(C=O)cc2OC)C1O. The average molecular weight is 647 g/mol. The Bertz CT molecular complexity index is 984. The summed E-state index contributed by atoms with van der Waals surface area (Å²) in [5.74, 6) is 0.185. The minimum absolute atomic E-state index is 0.0676. The Labute approximate surface area is 237 Å². The van der Waals surface area contributed by atoms with Crippen molar-refractivity contribution >= 4 is 40.7 Å². The number of hydrogen-bond donors (Lipinski definition) is 3. The van der Waals surface area contributed by atoms with E-state index < -0.39 is 24.2 Å². The molecule has 0 heterocycles. The van der Waals surface area contributed by atoms with Crippen molar-refractivity contribution in [1.29, 1.82) is 0 Å². The highest BCUT2D eigenvalue weighted by molar-refractivity contribution is 14.1. The van der Waals surface area contributed by atoms with Crippen LogP contribution in [0.1, 0.15) is 50.4 Å². The van der Waals surface area contributed by atoms with E-state index in [-0.39, 0.29) is 37.8 Å². The molecule has 3 atom stereocenters. The molecule has 38 heavy (non-hydrogen) atoms. The van der Waals surface area contributed by atoms with Crippen molar-refractivity contribution in [2.75, 3.05) is 40.0 Å². The van der Waals surface area contributed by atoms with Crippen molar-refractivity contribution in [3.63, 3.8) is 0 Å². The van der Waals surface area contributed by atoms with Crippen LogP contribution in [0, 0.1) is 9.49 Å². The van der Waals surface area contributed by atoms with Crippen LogP contribution in [-0.4, -0.2) is 91.5 Å². The van der Waals surface area contributed by atoms with Crippen LogP contribution in [0.4, 0.5) is 0 Å². The third-order valence-electron chi connectivity index (χ3n) is 6.05. The number of halogens is 1. The van der Waals surface area contributed by atoms with E-state index >= 15 is 0 Å². The highest BCUT2D eigenvalue weighted by atomic mass is 127. The number of nitrogens with one attached hydrogen (secondary N) is 1. The first-order valence-electron chi connectivity index (χ1n) is 12.8. The number of aliphatic hydroxyl groups excluding tert-OH is 2. The molecule has 0 saturated heterocycles. The zero-order valence-corrected chi connectivity index (χ0v) is 24.6. The first-order valence-corrected chi connectivity index (χ1v) is 13.9. The first-order chi connectivity index (χ1) is 18.2. The van der Waals surface area contributed by atoms with E-state index in [1.54, 1.807) is 17.0 Å². The highest BCUT2D eigenvalue weighted by Crippen LogP contribution is 2.37. The molecule has 10 nitrogen and oxygen atoms in total. The van der Waals surface area contributed by atoms with Gasteiger partial charge in [-0.15, -0.1) is 0 Å². The van der Waals surface area contributed by atoms with Gasteiger partial charge >= 0.3 is 0 Å². The van der Waals surface area contributed by atoms with E-state index in [1.807, 2.05) is 43.4 Å². The van der Waals surface area contributed by atoms with Gasteiger partial charge in [0.05, 0.1) is 23.3 Å². The molecule has 0 aliphatic heterocycles. The van der Waals surface area contributed by atoms with Gasteiger partial charge in [0.2, 0.25) is 11.8 Å². The number of hydrogen-bond acceptors (Lipinski definition) is 8. The van der Waals surface area contributed by atoms with E-state index in [4.69, 9.17) is 19.3 Å². The van der Waals surface area contributed by atoms with Crippen LogP contribution in [-0.2, 0) is 14.3 Å². The molecule has 0 fully saturated rings. The van der Waals surface area contributed by atoms with Crippen LogP contribution in [0.5, 0.6) is 11.5 Å². The van der Waals surface area contributed by atoms with Crippen LogP contribution in [0.2, 0.25) is 0 Å². The number of aldehydes is 1. The molecule has 1 aromatic carbocycles. The maximum atomic E-state index is 13.3. The molecule has 3 N–H and O–H groups in total. The predicted octanol–water partition coefficient (Wildman–Crippen LogP) is 2.33. The van der Waals surface area contributed by atoms with Crippen LogP contribution < -0.4 is 14.8 Å². The molecule has 2 rings (SSSR count). The summed E-state index contributed by atoms with van der Waals surface area (Å²) >= 11 is 2.02. The van der Waals surface area contributed by atoms with Crippen molar-refractivity contribution in [2.24, 2.45) is 5.92 Å². The Balaban J connectivity index is 2.47. The van der Waals surface area contributed by atoms with Gasteiger partial charge in [-0.05, 0) is 60.1 Å². The predicted molar refractivity (Wildman–Crippen MR) is 150 cm³/mol. The Kier molecular flexibility index (Phi) is 13.5. The van der Waals surface area contributed by atoms with Gasteiger partial charge < -0.3 is 34.6 Å². The largest absolute Gasteiger partial charge is 0.493 e. The maximum absolute atomic E-state index is 13.3. The summed E-state index contributed by atoms with van der Waals surface area (Å²) in [7, 11) is 1.45. The number of ether oxygens (including phenoxy) is 3. The number of benzene rings is 1. The lowest BCUT2D eigenvalue weighted by Gasteiger charge is -2.41. The molecule has 1 aliphatic rings. The summed E-state index contributed by atoms with van der Waals surface area (Å²) in [5, 5.41) is 23.3. The minimum atomic E-state index is -1.15. The summed E-state index contributed by atoms with van der Waals surface area (Å²) < 4.78 is 17.7. The second kappa shape index (κ2) is 16.0. The summed E-state index contributed by atoms with van der Waals surface area (Å²) in [6, 6.07) is 2.43. The molecule has 0 spiro atoms. The van der Waals surface area contributed by atoms with Gasteiger partial charge in [-0.3, -0.25) is 14.4 Å². The molecule has 212 valence electrons. The molecule has 1 aliphatic carbocycles. The number of carbonyl (C=O) groups is 3. The minimum Gasteiger partial charge on any atom is -0.493 e. The molecule has 11 heteroatoms. The molecule has 1 aromatic rings. The summed E-state index contributed by atoms with van der Waals surface area (Å²) in [6.45, 7) is 7.01. The van der Waals surface area contributed by atoms with Crippen molar-refractivity contribution in [1.82, 2.24) is 10.2 Å².